The fourth-order valence-electron chi connectivity index (χ4n) is 3.06. The van der Waals surface area contributed by atoms with E-state index in [1.54, 1.807) is 13.2 Å². The summed E-state index contributed by atoms with van der Waals surface area (Å²) >= 11 is 5.87. The summed E-state index contributed by atoms with van der Waals surface area (Å²) in [7, 11) is 1.58. The highest BCUT2D eigenvalue weighted by Gasteiger charge is 2.44. The number of rotatable bonds is 7. The van der Waals surface area contributed by atoms with Gasteiger partial charge in [-0.05, 0) is 25.3 Å². The van der Waals surface area contributed by atoms with Crippen molar-refractivity contribution < 1.29 is 28.9 Å². The Morgan fingerprint density at radius 3 is 2.96 bits per heavy atom. The topological polar surface area (TPSA) is 79.2 Å². The molecule has 1 aromatic carbocycles. The van der Waals surface area contributed by atoms with E-state index in [1.165, 1.54) is 12.1 Å². The number of benzene rings is 1. The van der Waals surface area contributed by atoms with Crippen LogP contribution in [0.1, 0.15) is 24.8 Å². The van der Waals surface area contributed by atoms with E-state index in [9.17, 15) is 19.4 Å². The molecule has 1 aromatic rings. The first-order valence-corrected chi connectivity index (χ1v) is 8.53. The van der Waals surface area contributed by atoms with E-state index in [0.717, 1.165) is 4.90 Å². The van der Waals surface area contributed by atoms with E-state index in [-0.39, 0.29) is 36.7 Å². The summed E-state index contributed by atoms with van der Waals surface area (Å²) in [5.74, 6) is -0.713. The second-order valence-corrected chi connectivity index (χ2v) is 6.47. The van der Waals surface area contributed by atoms with Gasteiger partial charge in [-0.15, -0.1) is 0 Å². The van der Waals surface area contributed by atoms with Gasteiger partial charge in [-0.25, -0.2) is 9.18 Å². The van der Waals surface area contributed by atoms with Gasteiger partial charge >= 0.3 is 6.09 Å². The molecule has 8 heteroatoms. The molecule has 25 heavy (non-hydrogen) atoms. The van der Waals surface area contributed by atoms with Crippen molar-refractivity contribution in [3.63, 3.8) is 0 Å². The number of hydrogen-bond acceptors (Lipinski definition) is 4. The van der Waals surface area contributed by atoms with E-state index in [4.69, 9.17) is 21.1 Å². The summed E-state index contributed by atoms with van der Waals surface area (Å²) in [5, 5.41) is 20.4. The lowest BCUT2D eigenvalue weighted by Crippen LogP contribution is -2.54. The zero-order valence-corrected chi connectivity index (χ0v) is 14.8. The monoisotopic (exact) mass is 375 g/mol. The highest BCUT2D eigenvalue weighted by Crippen LogP contribution is 2.37. The van der Waals surface area contributed by atoms with E-state index in [0.29, 0.717) is 19.4 Å². The molecular weight excluding hydrogens is 353 g/mol. The SMILES string of the molecule is COCCCC[C@@](O)(c1cccc(Cl)c1F)C1CN(C(=O)O)CCO1. The summed E-state index contributed by atoms with van der Waals surface area (Å²) in [6.07, 6.45) is -0.542. The number of aliphatic hydroxyl groups is 1. The predicted octanol–water partition coefficient (Wildman–Crippen LogP) is 2.86. The molecule has 0 spiro atoms. The normalized spacial score (nSPS) is 20.3. The Kier molecular flexibility index (Phi) is 7.01. The van der Waals surface area contributed by atoms with Crippen LogP contribution in [0.25, 0.3) is 0 Å². The van der Waals surface area contributed by atoms with Gasteiger partial charge < -0.3 is 24.6 Å². The number of carbonyl (C=O) groups is 1. The minimum atomic E-state index is -1.68. The third-order valence-corrected chi connectivity index (χ3v) is 4.74. The van der Waals surface area contributed by atoms with Crippen LogP contribution in [0.3, 0.4) is 0 Å². The average Bonchev–Trinajstić information content (AvgIpc) is 2.61. The maximum atomic E-state index is 14.6. The summed E-state index contributed by atoms with van der Waals surface area (Å²) in [6, 6.07) is 4.41. The van der Waals surface area contributed by atoms with Gasteiger partial charge in [0.15, 0.2) is 0 Å². The van der Waals surface area contributed by atoms with Crippen LogP contribution in [0.2, 0.25) is 5.02 Å². The van der Waals surface area contributed by atoms with Crippen LogP contribution in [-0.2, 0) is 15.1 Å². The fourth-order valence-corrected chi connectivity index (χ4v) is 3.23. The van der Waals surface area contributed by atoms with Gasteiger partial charge in [0, 0.05) is 25.8 Å². The van der Waals surface area contributed by atoms with Gasteiger partial charge in [0.25, 0.3) is 0 Å². The Labute approximate surface area is 151 Å². The van der Waals surface area contributed by atoms with Gasteiger partial charge in [0.2, 0.25) is 0 Å². The predicted molar refractivity (Wildman–Crippen MR) is 90.4 cm³/mol. The molecular formula is C17H23ClFNO5. The molecule has 2 atom stereocenters. The van der Waals surface area contributed by atoms with Crippen LogP contribution in [0.4, 0.5) is 9.18 Å². The first-order chi connectivity index (χ1) is 11.9. The summed E-state index contributed by atoms with van der Waals surface area (Å²) in [4.78, 5) is 12.4. The Hall–Kier alpha value is -1.41. The summed E-state index contributed by atoms with van der Waals surface area (Å²) < 4.78 is 25.2. The number of nitrogens with zero attached hydrogens (tertiary/aromatic N) is 1. The number of methoxy groups -OCH3 is 1. The lowest BCUT2D eigenvalue weighted by atomic mass is 9.82. The van der Waals surface area contributed by atoms with Crippen molar-refractivity contribution in [2.75, 3.05) is 33.4 Å². The van der Waals surface area contributed by atoms with Crippen molar-refractivity contribution in [1.29, 1.82) is 0 Å². The molecule has 2 rings (SSSR count). The maximum Gasteiger partial charge on any atom is 0.407 e. The Bertz CT molecular complexity index is 602. The number of amides is 1. The van der Waals surface area contributed by atoms with Gasteiger partial charge in [0.05, 0.1) is 18.2 Å². The molecule has 1 aliphatic rings. The second-order valence-electron chi connectivity index (χ2n) is 6.06. The third kappa shape index (κ3) is 4.61. The lowest BCUT2D eigenvalue weighted by Gasteiger charge is -2.41. The van der Waals surface area contributed by atoms with E-state index >= 15 is 0 Å². The quantitative estimate of drug-likeness (QED) is 0.716. The number of carboxylic acid groups (broad SMARTS) is 1. The first kappa shape index (κ1) is 19.9. The van der Waals surface area contributed by atoms with Crippen LogP contribution in [0, 0.1) is 5.82 Å². The van der Waals surface area contributed by atoms with Gasteiger partial charge in [-0.2, -0.15) is 0 Å². The molecule has 0 aliphatic carbocycles. The molecule has 2 N–H and O–H groups in total. The van der Waals surface area contributed by atoms with Crippen LogP contribution in [0.15, 0.2) is 18.2 Å². The number of halogens is 2. The molecule has 0 saturated carbocycles. The van der Waals surface area contributed by atoms with Crippen molar-refractivity contribution >= 4 is 17.7 Å². The zero-order valence-electron chi connectivity index (χ0n) is 14.1. The van der Waals surface area contributed by atoms with Crippen LogP contribution < -0.4 is 0 Å². The average molecular weight is 376 g/mol. The molecule has 0 bridgehead atoms. The number of morpholine rings is 1. The minimum absolute atomic E-state index is 0.0228. The smallest absolute Gasteiger partial charge is 0.407 e. The molecule has 1 saturated heterocycles. The van der Waals surface area contributed by atoms with Crippen LogP contribution >= 0.6 is 11.6 Å². The van der Waals surface area contributed by atoms with Crippen LogP contribution in [0.5, 0.6) is 0 Å². The molecule has 1 aliphatic heterocycles. The van der Waals surface area contributed by atoms with Crippen LogP contribution in [-0.4, -0.2) is 60.7 Å². The van der Waals surface area contributed by atoms with E-state index in [1.807, 2.05) is 0 Å². The standard InChI is InChI=1S/C17H23ClFNO5/c1-24-9-3-2-7-17(23,12-5-4-6-13(18)15(12)19)14-11-20(16(21)22)8-10-25-14/h4-6,14,23H,2-3,7-11H2,1H3,(H,21,22)/t14?,17-/m1/s1. The molecule has 140 valence electrons. The highest BCUT2D eigenvalue weighted by molar-refractivity contribution is 6.30. The molecule has 6 nitrogen and oxygen atoms in total. The van der Waals surface area contributed by atoms with Gasteiger partial charge in [0.1, 0.15) is 17.5 Å². The zero-order chi connectivity index (χ0) is 18.4. The summed E-state index contributed by atoms with van der Waals surface area (Å²) in [6.45, 7) is 0.825. The molecule has 1 fully saturated rings. The number of hydrogen-bond donors (Lipinski definition) is 2. The molecule has 1 unspecified atom stereocenters. The third-order valence-electron chi connectivity index (χ3n) is 4.44. The van der Waals surface area contributed by atoms with Gasteiger partial charge in [-0.1, -0.05) is 23.7 Å². The molecule has 0 radical (unpaired) electrons. The summed E-state index contributed by atoms with van der Waals surface area (Å²) in [5.41, 5.74) is -1.66. The molecule has 0 aromatic heterocycles. The Balaban J connectivity index is 2.31. The number of ether oxygens (including phenoxy) is 2. The molecule has 1 amide bonds. The van der Waals surface area contributed by atoms with Gasteiger partial charge in [-0.3, -0.25) is 0 Å². The largest absolute Gasteiger partial charge is 0.465 e. The fraction of sp³-hybridized carbons (Fsp3) is 0.588. The van der Waals surface area contributed by atoms with E-state index < -0.39 is 23.6 Å². The van der Waals surface area contributed by atoms with Crippen molar-refractivity contribution in [2.24, 2.45) is 0 Å². The minimum Gasteiger partial charge on any atom is -0.465 e. The maximum absolute atomic E-state index is 14.6. The van der Waals surface area contributed by atoms with Crippen molar-refractivity contribution in [3.05, 3.63) is 34.6 Å². The lowest BCUT2D eigenvalue weighted by molar-refractivity contribution is -0.149. The van der Waals surface area contributed by atoms with Crippen molar-refractivity contribution in [1.82, 2.24) is 4.90 Å². The molecule has 1 heterocycles. The van der Waals surface area contributed by atoms with Crippen molar-refractivity contribution in [2.45, 2.75) is 31.0 Å². The second kappa shape index (κ2) is 8.80. The Morgan fingerprint density at radius 1 is 1.52 bits per heavy atom. The highest BCUT2D eigenvalue weighted by atomic mass is 35.5. The number of unbranched alkanes of at least 4 members (excludes halogenated alkanes) is 1. The van der Waals surface area contributed by atoms with Crippen molar-refractivity contribution in [3.8, 4) is 0 Å². The first-order valence-electron chi connectivity index (χ1n) is 8.15. The Morgan fingerprint density at radius 2 is 2.28 bits per heavy atom. The van der Waals surface area contributed by atoms with E-state index in [2.05, 4.69) is 0 Å².